The van der Waals surface area contributed by atoms with Gasteiger partial charge in [-0.2, -0.15) is 0 Å². The first-order chi connectivity index (χ1) is 12.0. The van der Waals surface area contributed by atoms with Crippen molar-refractivity contribution in [3.8, 4) is 0 Å². The standard InChI is InChI=1S/C16H17Cl2N5O2/c1-22-9-20-21-14(22)8-19-15(24)13-3-2-6-23(13)16(25)10-4-5-11(17)12(18)7-10/h4-5,7,9,13H,2-3,6,8H2,1H3,(H,19,24). The third-order valence-electron chi connectivity index (χ3n) is 4.21. The number of amides is 2. The van der Waals surface area contributed by atoms with E-state index in [1.54, 1.807) is 35.0 Å². The lowest BCUT2D eigenvalue weighted by Gasteiger charge is -2.24. The highest BCUT2D eigenvalue weighted by atomic mass is 35.5. The monoisotopic (exact) mass is 381 g/mol. The van der Waals surface area contributed by atoms with Gasteiger partial charge in [-0.3, -0.25) is 9.59 Å². The van der Waals surface area contributed by atoms with E-state index in [-0.39, 0.29) is 18.4 Å². The van der Waals surface area contributed by atoms with Crippen LogP contribution in [0.3, 0.4) is 0 Å². The summed E-state index contributed by atoms with van der Waals surface area (Å²) in [6, 6.07) is 4.22. The number of nitrogens with one attached hydrogen (secondary N) is 1. The van der Waals surface area contributed by atoms with E-state index in [4.69, 9.17) is 23.2 Å². The molecule has 1 N–H and O–H groups in total. The zero-order chi connectivity index (χ0) is 18.0. The summed E-state index contributed by atoms with van der Waals surface area (Å²) in [5.74, 6) is 0.220. The molecule has 0 aliphatic carbocycles. The predicted octanol–water partition coefficient (Wildman–Crippen LogP) is 2.04. The van der Waals surface area contributed by atoms with Crippen molar-refractivity contribution in [2.75, 3.05) is 6.54 Å². The van der Waals surface area contributed by atoms with Crippen LogP contribution in [-0.2, 0) is 18.4 Å². The van der Waals surface area contributed by atoms with Crippen molar-refractivity contribution in [3.05, 3.63) is 46.0 Å². The topological polar surface area (TPSA) is 80.1 Å². The van der Waals surface area contributed by atoms with Crippen LogP contribution >= 0.6 is 23.2 Å². The van der Waals surface area contributed by atoms with Gasteiger partial charge in [0.2, 0.25) is 5.91 Å². The van der Waals surface area contributed by atoms with Crippen LogP contribution in [0.2, 0.25) is 10.0 Å². The van der Waals surface area contributed by atoms with E-state index in [1.165, 1.54) is 6.07 Å². The molecular formula is C16H17Cl2N5O2. The van der Waals surface area contributed by atoms with Gasteiger partial charge in [0.25, 0.3) is 5.91 Å². The van der Waals surface area contributed by atoms with Crippen molar-refractivity contribution >= 4 is 35.0 Å². The van der Waals surface area contributed by atoms with E-state index in [2.05, 4.69) is 15.5 Å². The van der Waals surface area contributed by atoms with Gasteiger partial charge in [0, 0.05) is 19.2 Å². The second kappa shape index (κ2) is 7.41. The van der Waals surface area contributed by atoms with Gasteiger partial charge in [-0.15, -0.1) is 10.2 Å². The Labute approximate surface area is 154 Å². The van der Waals surface area contributed by atoms with Crippen LogP contribution in [0.5, 0.6) is 0 Å². The summed E-state index contributed by atoms with van der Waals surface area (Å²) in [6.45, 7) is 0.793. The fraction of sp³-hybridized carbons (Fsp3) is 0.375. The Balaban J connectivity index is 1.68. The minimum atomic E-state index is -0.504. The smallest absolute Gasteiger partial charge is 0.254 e. The van der Waals surface area contributed by atoms with Gasteiger partial charge >= 0.3 is 0 Å². The van der Waals surface area contributed by atoms with Crippen molar-refractivity contribution in [3.63, 3.8) is 0 Å². The Bertz CT molecular complexity index is 808. The summed E-state index contributed by atoms with van der Waals surface area (Å²) in [5.41, 5.74) is 0.419. The first-order valence-electron chi connectivity index (χ1n) is 7.84. The van der Waals surface area contributed by atoms with Crippen LogP contribution in [0.4, 0.5) is 0 Å². The molecule has 1 fully saturated rings. The molecule has 0 saturated carbocycles. The van der Waals surface area contributed by atoms with Gasteiger partial charge in [0.15, 0.2) is 5.82 Å². The van der Waals surface area contributed by atoms with Gasteiger partial charge < -0.3 is 14.8 Å². The fourth-order valence-corrected chi connectivity index (χ4v) is 3.13. The quantitative estimate of drug-likeness (QED) is 0.878. The minimum absolute atomic E-state index is 0.200. The lowest BCUT2D eigenvalue weighted by atomic mass is 10.1. The molecule has 2 heterocycles. The lowest BCUT2D eigenvalue weighted by Crippen LogP contribution is -2.45. The molecule has 1 unspecified atom stereocenters. The average Bonchev–Trinajstić information content (AvgIpc) is 3.23. The molecule has 132 valence electrons. The van der Waals surface area contributed by atoms with Crippen LogP contribution in [0.15, 0.2) is 24.5 Å². The molecule has 1 saturated heterocycles. The molecule has 0 bridgehead atoms. The maximum Gasteiger partial charge on any atom is 0.254 e. The third kappa shape index (κ3) is 3.77. The number of aryl methyl sites for hydroxylation is 1. The lowest BCUT2D eigenvalue weighted by molar-refractivity contribution is -0.125. The number of likely N-dealkylation sites (tertiary alicyclic amines) is 1. The Hall–Kier alpha value is -2.12. The number of hydrogen-bond donors (Lipinski definition) is 1. The number of carbonyl (C=O) groups is 2. The molecule has 25 heavy (non-hydrogen) atoms. The zero-order valence-electron chi connectivity index (χ0n) is 13.6. The van der Waals surface area contributed by atoms with Crippen LogP contribution in [0, 0.1) is 0 Å². The highest BCUT2D eigenvalue weighted by molar-refractivity contribution is 6.42. The molecule has 1 aliphatic rings. The molecule has 1 aromatic heterocycles. The summed E-state index contributed by atoms with van der Waals surface area (Å²) < 4.78 is 1.73. The van der Waals surface area contributed by atoms with Crippen molar-refractivity contribution in [2.45, 2.75) is 25.4 Å². The number of carbonyl (C=O) groups excluding carboxylic acids is 2. The number of benzene rings is 1. The molecule has 1 atom stereocenters. The maximum atomic E-state index is 12.7. The summed E-state index contributed by atoms with van der Waals surface area (Å²) >= 11 is 11.9. The largest absolute Gasteiger partial charge is 0.347 e. The van der Waals surface area contributed by atoms with E-state index in [0.717, 1.165) is 6.42 Å². The molecule has 3 rings (SSSR count). The second-order valence-corrected chi connectivity index (χ2v) is 6.68. The van der Waals surface area contributed by atoms with Crippen LogP contribution in [0.1, 0.15) is 29.0 Å². The maximum absolute atomic E-state index is 12.7. The zero-order valence-corrected chi connectivity index (χ0v) is 15.1. The number of nitrogens with zero attached hydrogens (tertiary/aromatic N) is 4. The van der Waals surface area contributed by atoms with Crippen LogP contribution in [0.25, 0.3) is 0 Å². The number of hydrogen-bond acceptors (Lipinski definition) is 4. The average molecular weight is 382 g/mol. The Morgan fingerprint density at radius 1 is 1.32 bits per heavy atom. The molecule has 0 spiro atoms. The van der Waals surface area contributed by atoms with Gasteiger partial charge in [-0.25, -0.2) is 0 Å². The van der Waals surface area contributed by atoms with Crippen molar-refractivity contribution < 1.29 is 9.59 Å². The van der Waals surface area contributed by atoms with E-state index in [1.807, 2.05) is 0 Å². The SMILES string of the molecule is Cn1cnnc1CNC(=O)C1CCCN1C(=O)c1ccc(Cl)c(Cl)c1. The van der Waals surface area contributed by atoms with E-state index >= 15 is 0 Å². The molecular weight excluding hydrogens is 365 g/mol. The molecule has 0 radical (unpaired) electrons. The Morgan fingerprint density at radius 2 is 2.12 bits per heavy atom. The Kier molecular flexibility index (Phi) is 5.24. The molecule has 2 amide bonds. The molecule has 1 aromatic carbocycles. The van der Waals surface area contributed by atoms with Crippen molar-refractivity contribution in [1.82, 2.24) is 25.0 Å². The highest BCUT2D eigenvalue weighted by Crippen LogP contribution is 2.26. The summed E-state index contributed by atoms with van der Waals surface area (Å²) in [4.78, 5) is 26.8. The highest BCUT2D eigenvalue weighted by Gasteiger charge is 2.34. The number of halogens is 2. The van der Waals surface area contributed by atoms with Crippen LogP contribution in [-0.4, -0.2) is 44.1 Å². The first kappa shape index (κ1) is 17.7. The van der Waals surface area contributed by atoms with Gasteiger partial charge in [-0.05, 0) is 31.0 Å². The Morgan fingerprint density at radius 3 is 2.80 bits per heavy atom. The molecule has 9 heteroatoms. The normalized spacial score (nSPS) is 16.9. The second-order valence-electron chi connectivity index (χ2n) is 5.86. The molecule has 7 nitrogen and oxygen atoms in total. The fourth-order valence-electron chi connectivity index (χ4n) is 2.83. The van der Waals surface area contributed by atoms with Crippen molar-refractivity contribution in [2.24, 2.45) is 7.05 Å². The van der Waals surface area contributed by atoms with Crippen LogP contribution < -0.4 is 5.32 Å². The van der Waals surface area contributed by atoms with Gasteiger partial charge in [0.05, 0.1) is 16.6 Å². The molecule has 2 aromatic rings. The molecule has 1 aliphatic heterocycles. The van der Waals surface area contributed by atoms with Gasteiger partial charge in [0.1, 0.15) is 12.4 Å². The summed E-state index contributed by atoms with van der Waals surface area (Å²) in [5, 5.41) is 11.2. The van der Waals surface area contributed by atoms with E-state index in [9.17, 15) is 9.59 Å². The first-order valence-corrected chi connectivity index (χ1v) is 8.59. The van der Waals surface area contributed by atoms with Gasteiger partial charge in [-0.1, -0.05) is 23.2 Å². The van der Waals surface area contributed by atoms with Crippen molar-refractivity contribution in [1.29, 1.82) is 0 Å². The third-order valence-corrected chi connectivity index (χ3v) is 4.95. The summed E-state index contributed by atoms with van der Waals surface area (Å²) in [7, 11) is 1.80. The van der Waals surface area contributed by atoms with E-state index in [0.29, 0.717) is 34.4 Å². The summed E-state index contributed by atoms with van der Waals surface area (Å²) in [6.07, 6.45) is 2.96. The van der Waals surface area contributed by atoms with E-state index < -0.39 is 6.04 Å². The number of rotatable bonds is 4. The predicted molar refractivity (Wildman–Crippen MR) is 93.4 cm³/mol. The minimum Gasteiger partial charge on any atom is -0.347 e. The number of aromatic nitrogens is 3.